The molecule has 4 rings (SSSR count). The summed E-state index contributed by atoms with van der Waals surface area (Å²) in [7, 11) is 0. The smallest absolute Gasteiger partial charge is 0.416 e. The molecule has 0 bridgehead atoms. The van der Waals surface area contributed by atoms with E-state index in [1.807, 2.05) is 13.8 Å². The number of amides is 1. The number of aliphatic carboxylic acids is 1. The van der Waals surface area contributed by atoms with Gasteiger partial charge >= 0.3 is 12.1 Å². The Morgan fingerprint density at radius 1 is 1.18 bits per heavy atom. The van der Waals surface area contributed by atoms with Crippen LogP contribution < -0.4 is 4.74 Å². The topological polar surface area (TPSA) is 70.1 Å². The minimum absolute atomic E-state index is 0.0281. The highest BCUT2D eigenvalue weighted by Gasteiger charge is 2.51. The summed E-state index contributed by atoms with van der Waals surface area (Å²) in [5.74, 6) is -0.662. The van der Waals surface area contributed by atoms with Gasteiger partial charge in [-0.2, -0.15) is 13.2 Å². The van der Waals surface area contributed by atoms with Crippen molar-refractivity contribution in [3.63, 3.8) is 0 Å². The lowest BCUT2D eigenvalue weighted by Crippen LogP contribution is -2.49. The molecule has 1 amide bonds. The first-order chi connectivity index (χ1) is 16.0. The number of ether oxygens (including phenoxy) is 1. The third kappa shape index (κ3) is 4.76. The van der Waals surface area contributed by atoms with Crippen LogP contribution >= 0.6 is 0 Å². The summed E-state index contributed by atoms with van der Waals surface area (Å²) in [5, 5.41) is 9.38. The van der Waals surface area contributed by atoms with Crippen molar-refractivity contribution in [1.29, 1.82) is 0 Å². The number of rotatable bonds is 4. The van der Waals surface area contributed by atoms with Crippen molar-refractivity contribution < 1.29 is 32.6 Å². The van der Waals surface area contributed by atoms with E-state index >= 15 is 0 Å². The third-order valence-corrected chi connectivity index (χ3v) is 8.10. The maximum atomic E-state index is 13.8. The van der Waals surface area contributed by atoms with E-state index in [1.54, 1.807) is 4.90 Å². The van der Waals surface area contributed by atoms with Crippen LogP contribution in [-0.4, -0.2) is 52.6 Å². The normalized spacial score (nSPS) is 28.4. The molecule has 6 nitrogen and oxygen atoms in total. The zero-order valence-electron chi connectivity index (χ0n) is 19.7. The molecule has 1 saturated carbocycles. The van der Waals surface area contributed by atoms with Crippen LogP contribution in [0.3, 0.4) is 0 Å². The van der Waals surface area contributed by atoms with Crippen LogP contribution in [0.1, 0.15) is 63.5 Å². The Morgan fingerprint density at radius 3 is 2.62 bits per heavy atom. The standard InChI is InChI=1S/C25H33F3N2O4/c1-16(2)24(9-7-20(13-24)29-10-3-4-17(8-11-29)22(31)32)23(33)30-14-18-12-19(25(26,27)28)5-6-21(18)34-15-30/h5-6,12,16-17,20H,3-4,7-11,13-15H2,1-2H3,(H,31,32)/t17-,20-,24+/m1/s1. The second kappa shape index (κ2) is 9.40. The summed E-state index contributed by atoms with van der Waals surface area (Å²) in [6.07, 6.45) is -0.0956. The number of carboxylic acids is 1. The summed E-state index contributed by atoms with van der Waals surface area (Å²) in [4.78, 5) is 29.1. The molecule has 34 heavy (non-hydrogen) atoms. The SMILES string of the molecule is CC(C)[C@]1(C(=O)N2COc3ccc(C(F)(F)F)cc3C2)CC[C@@H](N2CCC[C@@H](C(=O)O)CC2)C1. The largest absolute Gasteiger partial charge is 0.481 e. The van der Waals surface area contributed by atoms with Gasteiger partial charge in [0.2, 0.25) is 5.91 Å². The Hall–Kier alpha value is -2.29. The van der Waals surface area contributed by atoms with Gasteiger partial charge in [-0.05, 0) is 75.7 Å². The van der Waals surface area contributed by atoms with Crippen molar-refractivity contribution in [3.05, 3.63) is 29.3 Å². The van der Waals surface area contributed by atoms with Crippen LogP contribution in [0.4, 0.5) is 13.2 Å². The highest BCUT2D eigenvalue weighted by molar-refractivity contribution is 5.83. The van der Waals surface area contributed by atoms with Gasteiger partial charge in [-0.1, -0.05) is 13.8 Å². The minimum Gasteiger partial charge on any atom is -0.481 e. The van der Waals surface area contributed by atoms with Gasteiger partial charge < -0.3 is 19.6 Å². The van der Waals surface area contributed by atoms with E-state index in [0.29, 0.717) is 43.5 Å². The van der Waals surface area contributed by atoms with E-state index in [1.165, 1.54) is 6.07 Å². The van der Waals surface area contributed by atoms with Crippen molar-refractivity contribution in [2.75, 3.05) is 19.8 Å². The first kappa shape index (κ1) is 24.8. The summed E-state index contributed by atoms with van der Waals surface area (Å²) < 4.78 is 45.2. The van der Waals surface area contributed by atoms with Gasteiger partial charge in [-0.25, -0.2) is 0 Å². The van der Waals surface area contributed by atoms with Crippen molar-refractivity contribution >= 4 is 11.9 Å². The Labute approximate surface area is 198 Å². The summed E-state index contributed by atoms with van der Waals surface area (Å²) in [5.41, 5.74) is -0.981. The van der Waals surface area contributed by atoms with Crippen LogP contribution in [0.5, 0.6) is 5.75 Å². The molecule has 9 heteroatoms. The minimum atomic E-state index is -4.45. The predicted octanol–water partition coefficient (Wildman–Crippen LogP) is 4.77. The average molecular weight is 483 g/mol. The predicted molar refractivity (Wildman–Crippen MR) is 119 cm³/mol. The van der Waals surface area contributed by atoms with Gasteiger partial charge in [-0.15, -0.1) is 0 Å². The lowest BCUT2D eigenvalue weighted by Gasteiger charge is -2.40. The highest BCUT2D eigenvalue weighted by atomic mass is 19.4. The Kier molecular flexibility index (Phi) is 6.86. The maximum absolute atomic E-state index is 13.8. The molecule has 0 aromatic heterocycles. The molecule has 1 N–H and O–H groups in total. The summed E-state index contributed by atoms with van der Waals surface area (Å²) in [6, 6.07) is 3.61. The van der Waals surface area contributed by atoms with E-state index in [-0.39, 0.29) is 37.1 Å². The molecular formula is C25H33F3N2O4. The molecular weight excluding hydrogens is 449 g/mol. The van der Waals surface area contributed by atoms with Gasteiger partial charge in [0.05, 0.1) is 23.4 Å². The first-order valence-corrected chi connectivity index (χ1v) is 12.1. The maximum Gasteiger partial charge on any atom is 0.416 e. The number of carbonyl (C=O) groups excluding carboxylic acids is 1. The van der Waals surface area contributed by atoms with Crippen LogP contribution in [0.2, 0.25) is 0 Å². The van der Waals surface area contributed by atoms with E-state index < -0.39 is 23.1 Å². The molecule has 3 aliphatic rings. The fourth-order valence-electron chi connectivity index (χ4n) is 5.92. The molecule has 1 aromatic carbocycles. The molecule has 3 atom stereocenters. The van der Waals surface area contributed by atoms with E-state index in [4.69, 9.17) is 4.74 Å². The van der Waals surface area contributed by atoms with Gasteiger partial charge in [0.25, 0.3) is 0 Å². The van der Waals surface area contributed by atoms with Crippen LogP contribution in [0.25, 0.3) is 0 Å². The lowest BCUT2D eigenvalue weighted by atomic mass is 9.74. The quantitative estimate of drug-likeness (QED) is 0.670. The number of alkyl halides is 3. The number of nitrogens with zero attached hydrogens (tertiary/aromatic N) is 2. The van der Waals surface area contributed by atoms with E-state index in [2.05, 4.69) is 4.90 Å². The Morgan fingerprint density at radius 2 is 1.94 bits per heavy atom. The fourth-order valence-corrected chi connectivity index (χ4v) is 5.92. The van der Waals surface area contributed by atoms with Crippen molar-refractivity contribution in [1.82, 2.24) is 9.80 Å². The first-order valence-electron chi connectivity index (χ1n) is 12.1. The number of likely N-dealkylation sites (tertiary alicyclic amines) is 1. The average Bonchev–Trinajstić information content (AvgIpc) is 3.09. The van der Waals surface area contributed by atoms with Gasteiger partial charge in [0, 0.05) is 11.6 Å². The number of fused-ring (bicyclic) bond motifs is 1. The molecule has 2 heterocycles. The van der Waals surface area contributed by atoms with Gasteiger partial charge in [0.1, 0.15) is 5.75 Å². The number of hydrogen-bond acceptors (Lipinski definition) is 4. The molecule has 0 unspecified atom stereocenters. The Balaban J connectivity index is 1.49. The molecule has 0 spiro atoms. The van der Waals surface area contributed by atoms with Crippen LogP contribution in [-0.2, 0) is 22.3 Å². The molecule has 1 saturated heterocycles. The van der Waals surface area contributed by atoms with E-state index in [9.17, 15) is 27.9 Å². The zero-order chi connectivity index (χ0) is 24.7. The molecule has 2 fully saturated rings. The fraction of sp³-hybridized carbons (Fsp3) is 0.680. The molecule has 188 valence electrons. The van der Waals surface area contributed by atoms with E-state index in [0.717, 1.165) is 31.5 Å². The summed E-state index contributed by atoms with van der Waals surface area (Å²) >= 11 is 0. The van der Waals surface area contributed by atoms with Crippen LogP contribution in [0, 0.1) is 17.3 Å². The van der Waals surface area contributed by atoms with Crippen molar-refractivity contribution in [2.24, 2.45) is 17.3 Å². The van der Waals surface area contributed by atoms with Gasteiger partial charge in [-0.3, -0.25) is 9.59 Å². The number of halogens is 3. The molecule has 2 aliphatic heterocycles. The van der Waals surface area contributed by atoms with Crippen LogP contribution in [0.15, 0.2) is 18.2 Å². The van der Waals surface area contributed by atoms with Gasteiger partial charge in [0.15, 0.2) is 6.73 Å². The number of carbonyl (C=O) groups is 2. The Bertz CT molecular complexity index is 935. The third-order valence-electron chi connectivity index (χ3n) is 8.10. The second-order valence-corrected chi connectivity index (χ2v) is 10.3. The highest BCUT2D eigenvalue weighted by Crippen LogP contribution is 2.48. The lowest BCUT2D eigenvalue weighted by molar-refractivity contribution is -0.150. The zero-order valence-corrected chi connectivity index (χ0v) is 19.7. The van der Waals surface area contributed by atoms with Crippen molar-refractivity contribution in [3.8, 4) is 5.75 Å². The number of carboxylic acid groups (broad SMARTS) is 1. The second-order valence-electron chi connectivity index (χ2n) is 10.3. The number of hydrogen-bond donors (Lipinski definition) is 1. The molecule has 0 radical (unpaired) electrons. The number of benzene rings is 1. The molecule has 1 aromatic rings. The van der Waals surface area contributed by atoms with Crippen molar-refractivity contribution in [2.45, 2.75) is 71.1 Å². The summed E-state index contributed by atoms with van der Waals surface area (Å²) in [6.45, 7) is 5.73. The molecule has 1 aliphatic carbocycles. The monoisotopic (exact) mass is 482 g/mol.